The number of carbonyl (C=O) groups is 1. The molecule has 1 aliphatic heterocycles. The molecule has 1 saturated heterocycles. The van der Waals surface area contributed by atoms with Gasteiger partial charge in [0, 0.05) is 17.9 Å². The van der Waals surface area contributed by atoms with Gasteiger partial charge in [-0.1, -0.05) is 17.7 Å². The summed E-state index contributed by atoms with van der Waals surface area (Å²) in [7, 11) is 3.09. The summed E-state index contributed by atoms with van der Waals surface area (Å²) in [5.74, 6) is 1.14. The first kappa shape index (κ1) is 20.7. The van der Waals surface area contributed by atoms with Crippen LogP contribution in [0.2, 0.25) is 0 Å². The highest BCUT2D eigenvalue weighted by molar-refractivity contribution is 6.10. The van der Waals surface area contributed by atoms with Crippen molar-refractivity contribution in [3.63, 3.8) is 0 Å². The first-order valence-electron chi connectivity index (χ1n) is 9.62. The lowest BCUT2D eigenvalue weighted by Crippen LogP contribution is -2.36. The Labute approximate surface area is 171 Å². The molecule has 1 heterocycles. The van der Waals surface area contributed by atoms with Crippen LogP contribution in [-0.2, 0) is 4.74 Å². The number of nitrogens with zero attached hydrogens (tertiary/aromatic N) is 1. The minimum Gasteiger partial charge on any atom is -0.493 e. The fraction of sp³-hybridized carbons (Fsp3) is 0.364. The topological polar surface area (TPSA) is 81.2 Å². The zero-order chi connectivity index (χ0) is 20.6. The molecule has 1 aliphatic rings. The lowest BCUT2D eigenvalue weighted by atomic mass is 10.2. The van der Waals surface area contributed by atoms with Crippen LogP contribution >= 0.6 is 0 Å². The molecule has 7 nitrogen and oxygen atoms in total. The molecule has 2 N–H and O–H groups in total. The molecular formula is C22H27N3O4. The lowest BCUT2D eigenvalue weighted by Gasteiger charge is -2.14. The van der Waals surface area contributed by atoms with Crippen molar-refractivity contribution >= 4 is 17.6 Å². The van der Waals surface area contributed by atoms with E-state index in [0.29, 0.717) is 29.6 Å². The van der Waals surface area contributed by atoms with Gasteiger partial charge in [-0.25, -0.2) is 4.99 Å². The highest BCUT2D eigenvalue weighted by atomic mass is 16.5. The van der Waals surface area contributed by atoms with Crippen LogP contribution in [0.1, 0.15) is 28.8 Å². The van der Waals surface area contributed by atoms with Gasteiger partial charge in [0.25, 0.3) is 5.91 Å². The van der Waals surface area contributed by atoms with E-state index < -0.39 is 0 Å². The van der Waals surface area contributed by atoms with E-state index in [1.165, 1.54) is 7.11 Å². The van der Waals surface area contributed by atoms with Crippen molar-refractivity contribution in [3.05, 3.63) is 53.6 Å². The molecule has 3 rings (SSSR count). The molecule has 1 fully saturated rings. The fourth-order valence-corrected chi connectivity index (χ4v) is 3.02. The molecule has 2 aromatic carbocycles. The number of carbonyl (C=O) groups excluding carboxylic acids is 1. The van der Waals surface area contributed by atoms with Gasteiger partial charge in [0.05, 0.1) is 26.9 Å². The first-order valence-corrected chi connectivity index (χ1v) is 9.62. The summed E-state index contributed by atoms with van der Waals surface area (Å²) in [5, 5.41) is 6.05. The maximum Gasteiger partial charge on any atom is 0.258 e. The average molecular weight is 397 g/mol. The van der Waals surface area contributed by atoms with Crippen LogP contribution in [0.4, 0.5) is 5.69 Å². The van der Waals surface area contributed by atoms with Gasteiger partial charge in [-0.15, -0.1) is 0 Å². The summed E-state index contributed by atoms with van der Waals surface area (Å²) in [6.07, 6.45) is 2.10. The predicted molar refractivity (Wildman–Crippen MR) is 113 cm³/mol. The van der Waals surface area contributed by atoms with E-state index in [2.05, 4.69) is 15.6 Å². The van der Waals surface area contributed by atoms with Crippen LogP contribution < -0.4 is 20.1 Å². The first-order chi connectivity index (χ1) is 14.1. The van der Waals surface area contributed by atoms with Crippen LogP contribution in [-0.4, -0.2) is 45.3 Å². The number of rotatable bonds is 6. The number of benzene rings is 2. The predicted octanol–water partition coefficient (Wildman–Crippen LogP) is 3.39. The largest absolute Gasteiger partial charge is 0.493 e. The molecule has 0 radical (unpaired) electrons. The van der Waals surface area contributed by atoms with E-state index in [9.17, 15) is 4.79 Å². The SMILES string of the molecule is COc1ccc(C(=O)NC(=NC[C@H]2CCCO2)Nc2ccc(C)cc2)cc1OC. The Balaban J connectivity index is 1.76. The molecule has 0 aromatic heterocycles. The smallest absolute Gasteiger partial charge is 0.258 e. The molecule has 0 aliphatic carbocycles. The number of aryl methyl sites for hydroxylation is 1. The van der Waals surface area contributed by atoms with Crippen LogP contribution in [0.25, 0.3) is 0 Å². The quantitative estimate of drug-likeness (QED) is 0.577. The molecule has 1 amide bonds. The van der Waals surface area contributed by atoms with Crippen molar-refractivity contribution < 1.29 is 19.0 Å². The Morgan fingerprint density at radius 1 is 1.14 bits per heavy atom. The number of anilines is 1. The monoisotopic (exact) mass is 397 g/mol. The highest BCUT2D eigenvalue weighted by Gasteiger charge is 2.17. The van der Waals surface area contributed by atoms with Gasteiger partial charge < -0.3 is 19.5 Å². The van der Waals surface area contributed by atoms with Gasteiger partial charge in [0.1, 0.15) is 0 Å². The standard InChI is InChI=1S/C22H27N3O4/c1-15-6-9-17(10-7-15)24-22(23-14-18-5-4-12-29-18)25-21(26)16-8-11-19(27-2)20(13-16)28-3/h6-11,13,18H,4-5,12,14H2,1-3H3,(H2,23,24,25,26)/t18-/m1/s1. The number of hydrogen-bond donors (Lipinski definition) is 2. The zero-order valence-corrected chi connectivity index (χ0v) is 17.0. The maximum absolute atomic E-state index is 12.8. The molecule has 0 spiro atoms. The second-order valence-electron chi connectivity index (χ2n) is 6.84. The third kappa shape index (κ3) is 5.71. The van der Waals surface area contributed by atoms with E-state index in [1.54, 1.807) is 25.3 Å². The third-order valence-electron chi connectivity index (χ3n) is 4.67. The van der Waals surface area contributed by atoms with Crippen molar-refractivity contribution in [2.45, 2.75) is 25.9 Å². The summed E-state index contributed by atoms with van der Waals surface area (Å²) >= 11 is 0. The molecule has 154 valence electrons. The average Bonchev–Trinajstić information content (AvgIpc) is 3.26. The Morgan fingerprint density at radius 3 is 2.55 bits per heavy atom. The van der Waals surface area contributed by atoms with Crippen molar-refractivity contribution in [3.8, 4) is 11.5 Å². The molecule has 29 heavy (non-hydrogen) atoms. The summed E-state index contributed by atoms with van der Waals surface area (Å²) in [4.78, 5) is 17.4. The van der Waals surface area contributed by atoms with Crippen molar-refractivity contribution in [2.24, 2.45) is 4.99 Å². The minimum atomic E-state index is -0.295. The van der Waals surface area contributed by atoms with E-state index in [4.69, 9.17) is 14.2 Å². The normalized spacial score (nSPS) is 16.4. The molecule has 2 aromatic rings. The number of hydrogen-bond acceptors (Lipinski definition) is 5. The highest BCUT2D eigenvalue weighted by Crippen LogP contribution is 2.27. The second kappa shape index (κ2) is 9.93. The Morgan fingerprint density at radius 2 is 1.90 bits per heavy atom. The molecule has 1 atom stereocenters. The minimum absolute atomic E-state index is 0.0859. The second-order valence-corrected chi connectivity index (χ2v) is 6.84. The van der Waals surface area contributed by atoms with Gasteiger partial charge in [-0.05, 0) is 50.1 Å². The Hall–Kier alpha value is -3.06. The Kier molecular flexibility index (Phi) is 7.08. The third-order valence-corrected chi connectivity index (χ3v) is 4.67. The van der Waals surface area contributed by atoms with Crippen LogP contribution in [0.3, 0.4) is 0 Å². The van der Waals surface area contributed by atoms with E-state index in [0.717, 1.165) is 30.7 Å². The zero-order valence-electron chi connectivity index (χ0n) is 17.0. The van der Waals surface area contributed by atoms with Crippen LogP contribution in [0.15, 0.2) is 47.5 Å². The van der Waals surface area contributed by atoms with Crippen molar-refractivity contribution in [2.75, 3.05) is 32.7 Å². The lowest BCUT2D eigenvalue weighted by molar-refractivity contribution is 0.0975. The van der Waals surface area contributed by atoms with Gasteiger partial charge in [-0.3, -0.25) is 10.1 Å². The number of guanidine groups is 1. The number of nitrogens with one attached hydrogen (secondary N) is 2. The van der Waals surface area contributed by atoms with Crippen LogP contribution in [0.5, 0.6) is 11.5 Å². The maximum atomic E-state index is 12.8. The van der Waals surface area contributed by atoms with Crippen molar-refractivity contribution in [1.82, 2.24) is 5.32 Å². The number of methoxy groups -OCH3 is 2. The molecule has 0 saturated carbocycles. The van der Waals surface area contributed by atoms with Crippen LogP contribution in [0, 0.1) is 6.92 Å². The Bertz CT molecular complexity index is 859. The van der Waals surface area contributed by atoms with Crippen molar-refractivity contribution in [1.29, 1.82) is 0 Å². The summed E-state index contributed by atoms with van der Waals surface area (Å²) in [5.41, 5.74) is 2.44. The number of aliphatic imine (C=N–C) groups is 1. The summed E-state index contributed by atoms with van der Waals surface area (Å²) < 4.78 is 16.2. The van der Waals surface area contributed by atoms with E-state index >= 15 is 0 Å². The molecule has 7 heteroatoms. The van der Waals surface area contributed by atoms with E-state index in [-0.39, 0.29) is 12.0 Å². The number of amides is 1. The molecular weight excluding hydrogens is 370 g/mol. The van der Waals surface area contributed by atoms with Gasteiger partial charge in [-0.2, -0.15) is 0 Å². The summed E-state index contributed by atoms with van der Waals surface area (Å²) in [6, 6.07) is 12.9. The molecule has 0 unspecified atom stereocenters. The summed E-state index contributed by atoms with van der Waals surface area (Å²) in [6.45, 7) is 3.27. The fourth-order valence-electron chi connectivity index (χ4n) is 3.02. The van der Waals surface area contributed by atoms with Gasteiger partial charge >= 0.3 is 0 Å². The van der Waals surface area contributed by atoms with Gasteiger partial charge in [0.2, 0.25) is 5.96 Å². The van der Waals surface area contributed by atoms with E-state index in [1.807, 2.05) is 31.2 Å². The van der Waals surface area contributed by atoms with Gasteiger partial charge in [0.15, 0.2) is 11.5 Å². The number of ether oxygens (including phenoxy) is 3. The molecule has 0 bridgehead atoms.